The van der Waals surface area contributed by atoms with Crippen molar-refractivity contribution in [3.05, 3.63) is 61.3 Å². The molecule has 0 fully saturated rings. The molecule has 0 amide bonds. The predicted octanol–water partition coefficient (Wildman–Crippen LogP) is 5.87. The first kappa shape index (κ1) is 21.0. The van der Waals surface area contributed by atoms with Crippen molar-refractivity contribution in [1.82, 2.24) is 5.48 Å². The molecule has 0 bridgehead atoms. The number of thiophene rings is 1. The van der Waals surface area contributed by atoms with Gasteiger partial charge in [-0.2, -0.15) is 13.2 Å². The lowest BCUT2D eigenvalue weighted by Gasteiger charge is -2.28. The lowest BCUT2D eigenvalue weighted by molar-refractivity contribution is -0.269. The van der Waals surface area contributed by atoms with Crippen LogP contribution < -0.4 is 5.48 Å². The molecule has 28 heavy (non-hydrogen) atoms. The highest BCUT2D eigenvalue weighted by molar-refractivity contribution is 7.15. The van der Waals surface area contributed by atoms with Crippen LogP contribution in [-0.4, -0.2) is 18.8 Å². The quantitative estimate of drug-likeness (QED) is 0.590. The molecule has 1 unspecified atom stereocenters. The summed E-state index contributed by atoms with van der Waals surface area (Å²) in [6.45, 7) is 3.54. The molecule has 0 saturated heterocycles. The van der Waals surface area contributed by atoms with Crippen molar-refractivity contribution in [3.63, 3.8) is 0 Å². The van der Waals surface area contributed by atoms with E-state index in [1.54, 1.807) is 19.9 Å². The summed E-state index contributed by atoms with van der Waals surface area (Å²) in [6, 6.07) is 5.21. The molecule has 1 aromatic carbocycles. The zero-order valence-electron chi connectivity index (χ0n) is 14.6. The topological polar surface area (TPSA) is 47.6 Å². The van der Waals surface area contributed by atoms with E-state index in [-0.39, 0.29) is 27.9 Å². The summed E-state index contributed by atoms with van der Waals surface area (Å²) in [5.74, 6) is -0.528. The van der Waals surface area contributed by atoms with Gasteiger partial charge >= 0.3 is 12.1 Å². The molecule has 1 N–H and O–H groups in total. The molecule has 2 heterocycles. The van der Waals surface area contributed by atoms with Gasteiger partial charge in [0.25, 0.3) is 0 Å². The Kier molecular flexibility index (Phi) is 5.69. The summed E-state index contributed by atoms with van der Waals surface area (Å²) < 4.78 is 47.0. The van der Waals surface area contributed by atoms with Crippen molar-refractivity contribution in [2.45, 2.75) is 25.6 Å². The number of benzene rings is 1. The van der Waals surface area contributed by atoms with Crippen molar-refractivity contribution in [2.24, 2.45) is 0 Å². The maximum atomic E-state index is 14.0. The number of hydroxylamine groups is 1. The smallest absolute Gasteiger partial charge is 0.428 e. The SMILES string of the molecule is CCOC(=O)c1sc(C2=CC(c3cc(Cl)cc(Cl)c3)(C(F)(F)F)ON2)cc1C. The lowest BCUT2D eigenvalue weighted by Crippen LogP contribution is -2.42. The van der Waals surface area contributed by atoms with E-state index in [4.69, 9.17) is 32.8 Å². The molecule has 1 aliphatic rings. The van der Waals surface area contributed by atoms with Gasteiger partial charge in [0, 0.05) is 15.6 Å². The van der Waals surface area contributed by atoms with Crippen LogP contribution in [0.3, 0.4) is 0 Å². The van der Waals surface area contributed by atoms with Gasteiger partial charge in [-0.05, 0) is 49.8 Å². The van der Waals surface area contributed by atoms with Crippen LogP contribution in [0.15, 0.2) is 30.3 Å². The molecule has 150 valence electrons. The summed E-state index contributed by atoms with van der Waals surface area (Å²) in [7, 11) is 0. The van der Waals surface area contributed by atoms with E-state index in [0.29, 0.717) is 15.3 Å². The third kappa shape index (κ3) is 3.74. The fourth-order valence-corrected chi connectivity index (χ4v) is 4.30. The van der Waals surface area contributed by atoms with Gasteiger partial charge in [0.15, 0.2) is 0 Å². The van der Waals surface area contributed by atoms with E-state index in [0.717, 1.165) is 29.5 Å². The molecular formula is C18H14Cl2F3NO3S. The monoisotopic (exact) mass is 451 g/mol. The number of halogens is 5. The van der Waals surface area contributed by atoms with E-state index >= 15 is 0 Å². The lowest BCUT2D eigenvalue weighted by atomic mass is 9.92. The first-order valence-electron chi connectivity index (χ1n) is 8.05. The zero-order valence-corrected chi connectivity index (χ0v) is 16.9. The van der Waals surface area contributed by atoms with E-state index in [1.807, 2.05) is 0 Å². The largest absolute Gasteiger partial charge is 0.462 e. The minimum atomic E-state index is -4.80. The maximum Gasteiger partial charge on any atom is 0.428 e. The highest BCUT2D eigenvalue weighted by Crippen LogP contribution is 2.48. The second kappa shape index (κ2) is 7.59. The Morgan fingerprint density at radius 1 is 1.25 bits per heavy atom. The van der Waals surface area contributed by atoms with Gasteiger partial charge in [-0.25, -0.2) is 4.79 Å². The Hall–Kier alpha value is -1.74. The molecule has 1 aliphatic heterocycles. The van der Waals surface area contributed by atoms with Crippen molar-refractivity contribution < 1.29 is 27.5 Å². The van der Waals surface area contributed by atoms with Gasteiger partial charge in [0.05, 0.1) is 17.2 Å². The number of carbonyl (C=O) groups is 1. The Morgan fingerprint density at radius 2 is 1.89 bits per heavy atom. The first-order chi connectivity index (χ1) is 13.1. The minimum Gasteiger partial charge on any atom is -0.462 e. The first-order valence-corrected chi connectivity index (χ1v) is 9.62. The third-order valence-corrected chi connectivity index (χ3v) is 5.71. The average Bonchev–Trinajstić information content (AvgIpc) is 3.18. The van der Waals surface area contributed by atoms with Gasteiger partial charge < -0.3 is 4.74 Å². The number of hydrogen-bond acceptors (Lipinski definition) is 5. The minimum absolute atomic E-state index is 0.0492. The summed E-state index contributed by atoms with van der Waals surface area (Å²) in [4.78, 5) is 17.7. The van der Waals surface area contributed by atoms with Crippen LogP contribution in [0, 0.1) is 6.92 Å². The highest BCUT2D eigenvalue weighted by Gasteiger charge is 2.59. The number of esters is 1. The average molecular weight is 452 g/mol. The van der Waals surface area contributed by atoms with Gasteiger partial charge in [-0.3, -0.25) is 10.3 Å². The molecule has 2 aromatic rings. The number of alkyl halides is 3. The molecule has 10 heteroatoms. The van der Waals surface area contributed by atoms with E-state index < -0.39 is 17.7 Å². The molecular weight excluding hydrogens is 438 g/mol. The van der Waals surface area contributed by atoms with Crippen LogP contribution in [0.1, 0.15) is 32.6 Å². The molecule has 3 rings (SSSR count). The van der Waals surface area contributed by atoms with E-state index in [1.165, 1.54) is 6.07 Å². The second-order valence-corrected chi connectivity index (χ2v) is 7.92. The van der Waals surface area contributed by atoms with Crippen LogP contribution in [0.5, 0.6) is 0 Å². The van der Waals surface area contributed by atoms with E-state index in [9.17, 15) is 18.0 Å². The second-order valence-electron chi connectivity index (χ2n) is 6.00. The molecule has 0 radical (unpaired) electrons. The van der Waals surface area contributed by atoms with Crippen LogP contribution in [-0.2, 0) is 15.2 Å². The van der Waals surface area contributed by atoms with E-state index in [2.05, 4.69) is 5.48 Å². The Labute approximate surface area is 172 Å². The van der Waals surface area contributed by atoms with Gasteiger partial charge in [0.1, 0.15) is 4.88 Å². The van der Waals surface area contributed by atoms with Gasteiger partial charge in [-0.1, -0.05) is 23.2 Å². The third-order valence-electron chi connectivity index (χ3n) is 4.03. The zero-order chi connectivity index (χ0) is 20.7. The summed E-state index contributed by atoms with van der Waals surface area (Å²) in [6.07, 6.45) is -3.89. The molecule has 0 saturated carbocycles. The fraction of sp³-hybridized carbons (Fsp3) is 0.278. The number of hydrogen-bond donors (Lipinski definition) is 1. The van der Waals surface area contributed by atoms with Crippen molar-refractivity contribution in [2.75, 3.05) is 6.61 Å². The summed E-state index contributed by atoms with van der Waals surface area (Å²) in [5, 5.41) is 0.0984. The van der Waals surface area contributed by atoms with Gasteiger partial charge in [0.2, 0.25) is 5.60 Å². The Morgan fingerprint density at radius 3 is 2.46 bits per heavy atom. The van der Waals surface area contributed by atoms with Crippen LogP contribution >= 0.6 is 34.5 Å². The maximum absolute atomic E-state index is 14.0. The van der Waals surface area contributed by atoms with Crippen LogP contribution in [0.2, 0.25) is 10.0 Å². The highest BCUT2D eigenvalue weighted by atomic mass is 35.5. The van der Waals surface area contributed by atoms with Crippen LogP contribution in [0.4, 0.5) is 13.2 Å². The standard InChI is InChI=1S/C18H14Cl2F3NO3S/c1-3-26-16(25)15-9(2)4-14(28-15)13-8-17(27-24-13,18(21,22)23)10-5-11(19)7-12(20)6-10/h4-8,24H,3H2,1-2H3. The van der Waals surface area contributed by atoms with Crippen molar-refractivity contribution in [3.8, 4) is 0 Å². The Balaban J connectivity index is 2.08. The molecule has 1 aromatic heterocycles. The number of nitrogens with one attached hydrogen (secondary N) is 1. The van der Waals surface area contributed by atoms with Gasteiger partial charge in [-0.15, -0.1) is 11.3 Å². The summed E-state index contributed by atoms with van der Waals surface area (Å²) >= 11 is 12.8. The van der Waals surface area contributed by atoms with Crippen molar-refractivity contribution >= 4 is 46.2 Å². The number of rotatable bonds is 4. The number of carbonyl (C=O) groups excluding carboxylic acids is 1. The van der Waals surface area contributed by atoms with Crippen molar-refractivity contribution in [1.29, 1.82) is 0 Å². The predicted molar refractivity (Wildman–Crippen MR) is 101 cm³/mol. The molecule has 1 atom stereocenters. The Bertz CT molecular complexity index is 938. The number of aryl methyl sites for hydroxylation is 1. The molecule has 0 aliphatic carbocycles. The number of ether oxygens (including phenoxy) is 1. The normalized spacial score (nSPS) is 19.3. The molecule has 0 spiro atoms. The molecule has 4 nitrogen and oxygen atoms in total. The fourth-order valence-electron chi connectivity index (χ4n) is 2.75. The van der Waals surface area contributed by atoms with Crippen LogP contribution in [0.25, 0.3) is 5.70 Å². The summed E-state index contributed by atoms with van der Waals surface area (Å²) in [5.41, 5.74) is -0.0368.